The Labute approximate surface area is 194 Å². The van der Waals surface area contributed by atoms with E-state index in [1.54, 1.807) is 7.11 Å². The van der Waals surface area contributed by atoms with E-state index in [4.69, 9.17) is 9.73 Å². The molecule has 4 rings (SSSR count). The Morgan fingerprint density at radius 1 is 1.20 bits per heavy atom. The summed E-state index contributed by atoms with van der Waals surface area (Å²) in [4.78, 5) is 7.22. The SMILES string of the molecule is CCNC(=NCCc1nnc2ccccn12)N1CCC(c2ccc(OC)cc2)C1.I. The second-order valence-corrected chi connectivity index (χ2v) is 7.24. The smallest absolute Gasteiger partial charge is 0.193 e. The first kappa shape index (κ1) is 22.3. The fourth-order valence-corrected chi connectivity index (χ4v) is 3.85. The normalized spacial score (nSPS) is 16.5. The summed E-state index contributed by atoms with van der Waals surface area (Å²) in [5.74, 6) is 3.35. The highest BCUT2D eigenvalue weighted by Gasteiger charge is 2.26. The number of benzene rings is 1. The maximum Gasteiger partial charge on any atom is 0.193 e. The lowest BCUT2D eigenvalue weighted by Crippen LogP contribution is -2.40. The zero-order valence-corrected chi connectivity index (χ0v) is 19.8. The van der Waals surface area contributed by atoms with Crippen LogP contribution in [0.4, 0.5) is 0 Å². The lowest BCUT2D eigenvalue weighted by molar-refractivity contribution is 0.414. The van der Waals surface area contributed by atoms with Gasteiger partial charge in [-0.1, -0.05) is 18.2 Å². The minimum Gasteiger partial charge on any atom is -0.497 e. The number of methoxy groups -OCH3 is 1. The average Bonchev–Trinajstić information content (AvgIpc) is 3.41. The van der Waals surface area contributed by atoms with Crippen LogP contribution in [0.1, 0.15) is 30.7 Å². The van der Waals surface area contributed by atoms with Crippen molar-refractivity contribution in [3.8, 4) is 5.75 Å². The molecule has 1 atom stereocenters. The van der Waals surface area contributed by atoms with E-state index in [2.05, 4.69) is 39.5 Å². The maximum absolute atomic E-state index is 5.27. The number of aliphatic imine (C=N–C) groups is 1. The average molecular weight is 520 g/mol. The molecule has 7 nitrogen and oxygen atoms in total. The predicted molar refractivity (Wildman–Crippen MR) is 130 cm³/mol. The number of halogens is 1. The molecule has 1 aromatic carbocycles. The van der Waals surface area contributed by atoms with Gasteiger partial charge in [0.15, 0.2) is 11.6 Å². The van der Waals surface area contributed by atoms with Gasteiger partial charge < -0.3 is 15.0 Å². The summed E-state index contributed by atoms with van der Waals surface area (Å²) in [5.41, 5.74) is 2.24. The van der Waals surface area contributed by atoms with Gasteiger partial charge in [-0.15, -0.1) is 34.2 Å². The molecular formula is C22H29IN6O. The molecule has 3 heterocycles. The van der Waals surface area contributed by atoms with Crippen molar-refractivity contribution < 1.29 is 4.74 Å². The number of hydrogen-bond acceptors (Lipinski definition) is 4. The highest BCUT2D eigenvalue weighted by molar-refractivity contribution is 14.0. The van der Waals surface area contributed by atoms with Crippen LogP contribution in [0.5, 0.6) is 5.75 Å². The topological polar surface area (TPSA) is 67.0 Å². The van der Waals surface area contributed by atoms with Gasteiger partial charge in [0.25, 0.3) is 0 Å². The minimum atomic E-state index is 0. The third-order valence-corrected chi connectivity index (χ3v) is 5.39. The molecule has 0 amide bonds. The minimum absolute atomic E-state index is 0. The number of nitrogens with one attached hydrogen (secondary N) is 1. The molecule has 1 unspecified atom stereocenters. The molecule has 1 aliphatic rings. The molecular weight excluding hydrogens is 491 g/mol. The Balaban J connectivity index is 0.00000256. The summed E-state index contributed by atoms with van der Waals surface area (Å²) in [5, 5.41) is 12.0. The molecule has 1 aliphatic heterocycles. The van der Waals surface area contributed by atoms with Gasteiger partial charge >= 0.3 is 0 Å². The Morgan fingerprint density at radius 3 is 2.80 bits per heavy atom. The number of hydrogen-bond donors (Lipinski definition) is 1. The monoisotopic (exact) mass is 520 g/mol. The van der Waals surface area contributed by atoms with Crippen molar-refractivity contribution in [2.24, 2.45) is 4.99 Å². The van der Waals surface area contributed by atoms with Gasteiger partial charge in [0.05, 0.1) is 7.11 Å². The summed E-state index contributed by atoms with van der Waals surface area (Å²) in [6.07, 6.45) is 3.89. The Morgan fingerprint density at radius 2 is 2.03 bits per heavy atom. The Hall–Kier alpha value is -2.36. The number of likely N-dealkylation sites (tertiary alicyclic amines) is 1. The number of aromatic nitrogens is 3. The molecule has 0 radical (unpaired) electrons. The summed E-state index contributed by atoms with van der Waals surface area (Å²) in [6, 6.07) is 14.4. The van der Waals surface area contributed by atoms with Crippen molar-refractivity contribution in [1.82, 2.24) is 24.8 Å². The number of ether oxygens (including phenoxy) is 1. The van der Waals surface area contributed by atoms with E-state index in [-0.39, 0.29) is 24.0 Å². The van der Waals surface area contributed by atoms with Gasteiger partial charge in [-0.05, 0) is 43.2 Å². The Bertz CT molecular complexity index is 971. The van der Waals surface area contributed by atoms with Gasteiger partial charge in [0, 0.05) is 44.7 Å². The van der Waals surface area contributed by atoms with E-state index < -0.39 is 0 Å². The maximum atomic E-state index is 5.27. The van der Waals surface area contributed by atoms with Gasteiger partial charge in [-0.2, -0.15) is 0 Å². The molecule has 8 heteroatoms. The predicted octanol–water partition coefficient (Wildman–Crippen LogP) is 3.35. The fraction of sp³-hybridized carbons (Fsp3) is 0.409. The van der Waals surface area contributed by atoms with E-state index in [0.29, 0.717) is 12.5 Å². The van der Waals surface area contributed by atoms with Crippen LogP contribution in [-0.4, -0.2) is 58.7 Å². The highest BCUT2D eigenvalue weighted by atomic mass is 127. The molecule has 30 heavy (non-hydrogen) atoms. The van der Waals surface area contributed by atoms with Gasteiger partial charge in [0.1, 0.15) is 11.6 Å². The van der Waals surface area contributed by atoms with Crippen molar-refractivity contribution in [2.75, 3.05) is 33.3 Å². The number of guanidine groups is 1. The molecule has 160 valence electrons. The van der Waals surface area contributed by atoms with Crippen LogP contribution in [0.25, 0.3) is 5.65 Å². The lowest BCUT2D eigenvalue weighted by Gasteiger charge is -2.21. The quantitative estimate of drug-likeness (QED) is 0.307. The van der Waals surface area contributed by atoms with E-state index in [1.807, 2.05) is 40.9 Å². The highest BCUT2D eigenvalue weighted by Crippen LogP contribution is 2.28. The zero-order chi connectivity index (χ0) is 20.1. The van der Waals surface area contributed by atoms with Crippen LogP contribution in [0.3, 0.4) is 0 Å². The van der Waals surface area contributed by atoms with Crippen LogP contribution in [0.2, 0.25) is 0 Å². The van der Waals surface area contributed by atoms with Crippen LogP contribution in [-0.2, 0) is 6.42 Å². The summed E-state index contributed by atoms with van der Waals surface area (Å²) < 4.78 is 7.30. The van der Waals surface area contributed by atoms with Crippen LogP contribution >= 0.6 is 24.0 Å². The van der Waals surface area contributed by atoms with E-state index in [1.165, 1.54) is 5.56 Å². The summed E-state index contributed by atoms with van der Waals surface area (Å²) in [6.45, 7) is 5.64. The van der Waals surface area contributed by atoms with Crippen molar-refractivity contribution in [2.45, 2.75) is 25.7 Å². The zero-order valence-electron chi connectivity index (χ0n) is 17.5. The second kappa shape index (κ2) is 10.6. The third kappa shape index (κ3) is 5.03. The molecule has 2 aromatic heterocycles. The first-order valence-electron chi connectivity index (χ1n) is 10.2. The third-order valence-electron chi connectivity index (χ3n) is 5.39. The van der Waals surface area contributed by atoms with E-state index >= 15 is 0 Å². The standard InChI is InChI=1S/C22H28N6O.HI/c1-3-23-22(24-13-11-21-26-25-20-6-4-5-14-28(20)21)27-15-12-18(16-27)17-7-9-19(29-2)10-8-17;/h4-10,14,18H,3,11-13,15-16H2,1-2H3,(H,23,24);1H. The molecule has 0 aliphatic carbocycles. The first-order valence-corrected chi connectivity index (χ1v) is 10.2. The van der Waals surface area contributed by atoms with Gasteiger partial charge in [-0.3, -0.25) is 9.39 Å². The van der Waals surface area contributed by atoms with Crippen LogP contribution in [0.15, 0.2) is 53.7 Å². The second-order valence-electron chi connectivity index (χ2n) is 7.24. The number of pyridine rings is 1. The summed E-state index contributed by atoms with van der Waals surface area (Å²) in [7, 11) is 1.70. The molecule has 0 saturated carbocycles. The van der Waals surface area contributed by atoms with Crippen LogP contribution < -0.4 is 10.1 Å². The fourth-order valence-electron chi connectivity index (χ4n) is 3.85. The molecule has 1 fully saturated rings. The molecule has 1 saturated heterocycles. The van der Waals surface area contributed by atoms with Gasteiger partial charge in [-0.25, -0.2) is 0 Å². The number of rotatable bonds is 6. The van der Waals surface area contributed by atoms with E-state index in [9.17, 15) is 0 Å². The first-order chi connectivity index (χ1) is 14.3. The van der Waals surface area contributed by atoms with Gasteiger partial charge in [0.2, 0.25) is 0 Å². The molecule has 0 bridgehead atoms. The van der Waals surface area contributed by atoms with Crippen molar-refractivity contribution in [3.05, 3.63) is 60.0 Å². The van der Waals surface area contributed by atoms with Crippen molar-refractivity contribution in [3.63, 3.8) is 0 Å². The van der Waals surface area contributed by atoms with Crippen molar-refractivity contribution >= 4 is 35.6 Å². The Kier molecular flexibility index (Phi) is 7.89. The lowest BCUT2D eigenvalue weighted by atomic mass is 9.98. The summed E-state index contributed by atoms with van der Waals surface area (Å²) >= 11 is 0. The van der Waals surface area contributed by atoms with Crippen molar-refractivity contribution in [1.29, 1.82) is 0 Å². The molecule has 0 spiro atoms. The number of fused-ring (bicyclic) bond motifs is 1. The molecule has 3 aromatic rings. The van der Waals surface area contributed by atoms with E-state index in [0.717, 1.165) is 55.7 Å². The number of nitrogens with zero attached hydrogens (tertiary/aromatic N) is 5. The molecule has 1 N–H and O–H groups in total. The van der Waals surface area contributed by atoms with Crippen LogP contribution in [0, 0.1) is 0 Å². The largest absolute Gasteiger partial charge is 0.497 e.